The van der Waals surface area contributed by atoms with Crippen molar-refractivity contribution in [1.29, 1.82) is 0 Å². The van der Waals surface area contributed by atoms with Crippen molar-refractivity contribution in [1.82, 2.24) is 4.90 Å². The Morgan fingerprint density at radius 2 is 2.53 bits per heavy atom. The summed E-state index contributed by atoms with van der Waals surface area (Å²) in [6, 6.07) is -0.732. The van der Waals surface area contributed by atoms with Gasteiger partial charge < -0.3 is 10.5 Å². The molecule has 0 aromatic rings. The molecule has 0 aromatic carbocycles. The van der Waals surface area contributed by atoms with Crippen molar-refractivity contribution in [3.8, 4) is 0 Å². The Bertz CT molecular complexity index is 347. The minimum Gasteiger partial charge on any atom is -0.445 e. The van der Waals surface area contributed by atoms with E-state index in [1.54, 1.807) is 6.08 Å². The lowest BCUT2D eigenvalue weighted by molar-refractivity contribution is -0.149. The van der Waals surface area contributed by atoms with Gasteiger partial charge in [0.25, 0.3) is 0 Å². The molecule has 7 heteroatoms. The molecule has 2 aliphatic heterocycles. The number of nitrogens with two attached hydrogens (primary N) is 1. The van der Waals surface area contributed by atoms with Gasteiger partial charge in [-0.3, -0.25) is 9.69 Å². The van der Waals surface area contributed by atoms with Crippen LogP contribution in [0.4, 0.5) is 0 Å². The third-order valence-corrected chi connectivity index (χ3v) is 3.60. The van der Waals surface area contributed by atoms with Crippen LogP contribution in [-0.2, 0) is 14.3 Å². The van der Waals surface area contributed by atoms with E-state index in [4.69, 9.17) is 17.3 Å². The van der Waals surface area contributed by atoms with Crippen LogP contribution in [-0.4, -0.2) is 40.0 Å². The Kier molecular flexibility index (Phi) is 2.90. The first-order valence-electron chi connectivity index (χ1n) is 4.30. The molecule has 2 atom stereocenters. The SMILES string of the molecule is N[C@@H]1C(=O)N2C(C(=O)OCCl)=CCS[C@H]12. The first-order valence-corrected chi connectivity index (χ1v) is 5.88. The van der Waals surface area contributed by atoms with Gasteiger partial charge in [0.1, 0.15) is 17.1 Å². The van der Waals surface area contributed by atoms with E-state index >= 15 is 0 Å². The summed E-state index contributed by atoms with van der Waals surface area (Å²) in [4.78, 5) is 24.2. The molecule has 82 valence electrons. The number of hydrogen-bond donors (Lipinski definition) is 1. The molecule has 5 nitrogen and oxygen atoms in total. The average molecular weight is 249 g/mol. The van der Waals surface area contributed by atoms with Gasteiger partial charge in [-0.1, -0.05) is 11.6 Å². The molecule has 0 aromatic heterocycles. The van der Waals surface area contributed by atoms with Crippen LogP contribution in [0.25, 0.3) is 0 Å². The Labute approximate surface area is 95.6 Å². The van der Waals surface area contributed by atoms with Gasteiger partial charge in [0.2, 0.25) is 5.91 Å². The van der Waals surface area contributed by atoms with E-state index in [-0.39, 0.29) is 23.0 Å². The Balaban J connectivity index is 2.15. The van der Waals surface area contributed by atoms with Gasteiger partial charge in [0, 0.05) is 5.75 Å². The molecule has 0 radical (unpaired) electrons. The van der Waals surface area contributed by atoms with Gasteiger partial charge in [-0.15, -0.1) is 11.8 Å². The van der Waals surface area contributed by atoms with E-state index < -0.39 is 12.0 Å². The van der Waals surface area contributed by atoms with Gasteiger partial charge in [0.05, 0.1) is 0 Å². The fourth-order valence-electron chi connectivity index (χ4n) is 1.55. The van der Waals surface area contributed by atoms with Crippen molar-refractivity contribution < 1.29 is 14.3 Å². The summed E-state index contributed by atoms with van der Waals surface area (Å²) < 4.78 is 4.63. The third kappa shape index (κ3) is 1.62. The van der Waals surface area contributed by atoms with Gasteiger partial charge in [-0.2, -0.15) is 0 Å². The lowest BCUT2D eigenvalue weighted by atomic mass is 10.1. The molecule has 0 saturated carbocycles. The van der Waals surface area contributed by atoms with Crippen molar-refractivity contribution in [3.05, 3.63) is 11.8 Å². The second-order valence-corrected chi connectivity index (χ2v) is 4.46. The lowest BCUT2D eigenvalue weighted by Gasteiger charge is -2.46. The standard InChI is InChI=1S/C8H9ClN2O3S/c9-3-14-8(13)4-1-2-15-7-5(10)6(12)11(4)7/h1,5,7H,2-3,10H2/t5-,7-/m1/s1. The van der Waals surface area contributed by atoms with E-state index in [1.807, 2.05) is 0 Å². The summed E-state index contributed by atoms with van der Waals surface area (Å²) >= 11 is 6.81. The van der Waals surface area contributed by atoms with Crippen LogP contribution in [0, 0.1) is 0 Å². The second-order valence-electron chi connectivity index (χ2n) is 3.09. The van der Waals surface area contributed by atoms with Crippen LogP contribution in [0.15, 0.2) is 11.8 Å². The summed E-state index contributed by atoms with van der Waals surface area (Å²) in [5.41, 5.74) is 5.85. The number of ether oxygens (including phenoxy) is 1. The van der Waals surface area contributed by atoms with Crippen molar-refractivity contribution in [3.63, 3.8) is 0 Å². The number of halogens is 1. The number of nitrogens with zero attached hydrogens (tertiary/aromatic N) is 1. The van der Waals surface area contributed by atoms with Gasteiger partial charge >= 0.3 is 5.97 Å². The summed E-state index contributed by atoms with van der Waals surface area (Å²) in [5, 5.41) is -0.139. The minimum absolute atomic E-state index is 0.139. The zero-order chi connectivity index (χ0) is 11.0. The number of carbonyl (C=O) groups excluding carboxylic acids is 2. The molecule has 0 spiro atoms. The number of fused-ring (bicyclic) bond motifs is 1. The smallest absolute Gasteiger partial charge is 0.355 e. The van der Waals surface area contributed by atoms with Gasteiger partial charge in [-0.05, 0) is 6.08 Å². The van der Waals surface area contributed by atoms with Crippen molar-refractivity contribution >= 4 is 35.2 Å². The molecule has 15 heavy (non-hydrogen) atoms. The molecule has 1 saturated heterocycles. The highest BCUT2D eigenvalue weighted by atomic mass is 35.5. The molecule has 2 N–H and O–H groups in total. The first-order chi connectivity index (χ1) is 7.16. The van der Waals surface area contributed by atoms with Crippen molar-refractivity contribution in [2.24, 2.45) is 5.73 Å². The Morgan fingerprint density at radius 3 is 3.20 bits per heavy atom. The number of esters is 1. The largest absolute Gasteiger partial charge is 0.445 e. The molecule has 2 rings (SSSR count). The topological polar surface area (TPSA) is 72.6 Å². The maximum atomic E-state index is 11.4. The summed E-state index contributed by atoms with van der Waals surface area (Å²) in [5.74, 6) is -0.171. The van der Waals surface area contributed by atoms with Crippen LogP contribution >= 0.6 is 23.4 Å². The predicted octanol–water partition coefficient (Wildman–Crippen LogP) is -0.148. The zero-order valence-electron chi connectivity index (χ0n) is 7.68. The molecular formula is C8H9ClN2O3S. The molecule has 0 bridgehead atoms. The molecule has 0 aliphatic carbocycles. The van der Waals surface area contributed by atoms with E-state index in [0.29, 0.717) is 5.75 Å². The molecule has 2 aliphatic rings. The highest BCUT2D eigenvalue weighted by molar-refractivity contribution is 8.00. The number of carbonyl (C=O) groups is 2. The number of hydrogen-bond acceptors (Lipinski definition) is 5. The molecule has 0 unspecified atom stereocenters. The number of alkyl halides is 1. The van der Waals surface area contributed by atoms with Crippen LogP contribution in [0.1, 0.15) is 0 Å². The lowest BCUT2D eigenvalue weighted by Crippen LogP contribution is -2.68. The second kappa shape index (κ2) is 4.03. The van der Waals surface area contributed by atoms with E-state index in [1.165, 1.54) is 16.7 Å². The molecule has 2 heterocycles. The van der Waals surface area contributed by atoms with Crippen molar-refractivity contribution in [2.45, 2.75) is 11.4 Å². The summed E-state index contributed by atoms with van der Waals surface area (Å²) in [6.07, 6.45) is 1.65. The normalized spacial score (nSPS) is 29.1. The third-order valence-electron chi connectivity index (χ3n) is 2.28. The van der Waals surface area contributed by atoms with Crippen LogP contribution in [0.3, 0.4) is 0 Å². The van der Waals surface area contributed by atoms with Crippen LogP contribution < -0.4 is 5.73 Å². The fraction of sp³-hybridized carbons (Fsp3) is 0.500. The monoisotopic (exact) mass is 248 g/mol. The van der Waals surface area contributed by atoms with Crippen molar-refractivity contribution in [2.75, 3.05) is 11.8 Å². The first kappa shape index (κ1) is 10.8. The summed E-state index contributed by atoms with van der Waals surface area (Å²) in [6.45, 7) is 0. The molecule has 1 fully saturated rings. The number of amides is 1. The fourth-order valence-corrected chi connectivity index (χ4v) is 2.79. The van der Waals surface area contributed by atoms with Crippen LogP contribution in [0.2, 0.25) is 0 Å². The average Bonchev–Trinajstić information content (AvgIpc) is 2.27. The zero-order valence-corrected chi connectivity index (χ0v) is 9.25. The Hall–Kier alpha value is -0.720. The Morgan fingerprint density at radius 1 is 1.80 bits per heavy atom. The molecule has 1 amide bonds. The number of rotatable bonds is 2. The summed E-state index contributed by atoms with van der Waals surface area (Å²) in [7, 11) is 0. The predicted molar refractivity (Wildman–Crippen MR) is 56.0 cm³/mol. The van der Waals surface area contributed by atoms with Gasteiger partial charge in [-0.25, -0.2) is 4.79 Å². The van der Waals surface area contributed by atoms with Crippen LogP contribution in [0.5, 0.6) is 0 Å². The van der Waals surface area contributed by atoms with E-state index in [2.05, 4.69) is 4.74 Å². The molecular weight excluding hydrogens is 240 g/mol. The van der Waals surface area contributed by atoms with Gasteiger partial charge in [0.15, 0.2) is 6.07 Å². The minimum atomic E-state index is -0.574. The highest BCUT2D eigenvalue weighted by Gasteiger charge is 2.50. The van der Waals surface area contributed by atoms with E-state index in [0.717, 1.165) is 0 Å². The highest BCUT2D eigenvalue weighted by Crippen LogP contribution is 2.36. The quantitative estimate of drug-likeness (QED) is 0.418. The number of thioether (sulfide) groups is 1. The number of β-lactam (4-membered cyclic amide) rings is 1. The van der Waals surface area contributed by atoms with E-state index in [9.17, 15) is 9.59 Å². The maximum Gasteiger partial charge on any atom is 0.355 e. The maximum absolute atomic E-state index is 11.4.